The van der Waals surface area contributed by atoms with Crippen molar-refractivity contribution in [2.75, 3.05) is 5.32 Å². The third-order valence-electron chi connectivity index (χ3n) is 4.54. The SMILES string of the molecule is CCC(=O)c1ncnc(C(=O)CCc2ncc(C(=O)Nc3ccc(Cl)c(C(F)(F)F)c3)s2)c1O. The minimum atomic E-state index is -4.68. The summed E-state index contributed by atoms with van der Waals surface area (Å²) in [7, 11) is 0. The summed E-state index contributed by atoms with van der Waals surface area (Å²) in [6.45, 7) is 1.59. The first-order valence-corrected chi connectivity index (χ1v) is 10.9. The van der Waals surface area contributed by atoms with E-state index in [0.717, 1.165) is 29.8 Å². The number of alkyl halides is 3. The summed E-state index contributed by atoms with van der Waals surface area (Å²) in [5, 5.41) is 12.4. The third kappa shape index (κ3) is 5.75. The summed E-state index contributed by atoms with van der Waals surface area (Å²) in [5.74, 6) is -2.25. The van der Waals surface area contributed by atoms with E-state index in [1.165, 1.54) is 12.3 Å². The largest absolute Gasteiger partial charge is 0.504 e. The number of halogens is 4. The van der Waals surface area contributed by atoms with Crippen LogP contribution in [0.5, 0.6) is 5.75 Å². The zero-order chi connectivity index (χ0) is 25.0. The Morgan fingerprint density at radius 2 is 1.79 bits per heavy atom. The Labute approximate surface area is 199 Å². The van der Waals surface area contributed by atoms with E-state index in [4.69, 9.17) is 11.6 Å². The van der Waals surface area contributed by atoms with Gasteiger partial charge in [0, 0.05) is 24.9 Å². The molecule has 13 heteroatoms. The van der Waals surface area contributed by atoms with E-state index in [-0.39, 0.29) is 41.2 Å². The van der Waals surface area contributed by atoms with Gasteiger partial charge in [0.15, 0.2) is 28.7 Å². The van der Waals surface area contributed by atoms with Gasteiger partial charge in [0.25, 0.3) is 5.91 Å². The van der Waals surface area contributed by atoms with Gasteiger partial charge in [-0.25, -0.2) is 15.0 Å². The maximum atomic E-state index is 13.0. The summed E-state index contributed by atoms with van der Waals surface area (Å²) in [6.07, 6.45) is -2.34. The minimum Gasteiger partial charge on any atom is -0.504 e. The van der Waals surface area contributed by atoms with E-state index in [9.17, 15) is 32.7 Å². The number of carbonyl (C=O) groups is 3. The average Bonchev–Trinajstić information content (AvgIpc) is 3.27. The summed E-state index contributed by atoms with van der Waals surface area (Å²) in [4.78, 5) is 48.3. The third-order valence-corrected chi connectivity index (χ3v) is 5.93. The molecule has 0 atom stereocenters. The Hall–Kier alpha value is -3.38. The highest BCUT2D eigenvalue weighted by molar-refractivity contribution is 7.13. The number of amides is 1. The van der Waals surface area contributed by atoms with Crippen LogP contribution in [0.2, 0.25) is 5.02 Å². The molecular weight excluding hydrogens is 497 g/mol. The molecule has 0 bridgehead atoms. The molecule has 34 heavy (non-hydrogen) atoms. The van der Waals surface area contributed by atoms with Gasteiger partial charge in [0.05, 0.1) is 21.8 Å². The number of hydrogen-bond donors (Lipinski definition) is 2. The molecule has 2 heterocycles. The highest BCUT2D eigenvalue weighted by atomic mass is 35.5. The van der Waals surface area contributed by atoms with Crippen LogP contribution >= 0.6 is 22.9 Å². The molecule has 3 rings (SSSR count). The number of Topliss-reactive ketones (excluding diaryl/α,β-unsaturated/α-hetero) is 2. The molecule has 0 saturated carbocycles. The predicted molar refractivity (Wildman–Crippen MR) is 117 cm³/mol. The maximum Gasteiger partial charge on any atom is 0.417 e. The van der Waals surface area contributed by atoms with Crippen LogP contribution < -0.4 is 5.32 Å². The molecule has 0 radical (unpaired) electrons. The number of nitrogens with one attached hydrogen (secondary N) is 1. The predicted octanol–water partition coefficient (Wildman–Crippen LogP) is 4.97. The Morgan fingerprint density at radius 1 is 1.12 bits per heavy atom. The van der Waals surface area contributed by atoms with Gasteiger partial charge in [0.1, 0.15) is 11.2 Å². The van der Waals surface area contributed by atoms with Gasteiger partial charge in [-0.3, -0.25) is 14.4 Å². The lowest BCUT2D eigenvalue weighted by Crippen LogP contribution is -2.12. The van der Waals surface area contributed by atoms with Gasteiger partial charge < -0.3 is 10.4 Å². The Kier molecular flexibility index (Phi) is 7.62. The van der Waals surface area contributed by atoms with Crippen LogP contribution in [0.3, 0.4) is 0 Å². The molecular formula is C21H16ClF3N4O4S. The molecule has 178 valence electrons. The van der Waals surface area contributed by atoms with Crippen molar-refractivity contribution < 1.29 is 32.7 Å². The van der Waals surface area contributed by atoms with Crippen LogP contribution in [-0.2, 0) is 12.6 Å². The zero-order valence-electron chi connectivity index (χ0n) is 17.4. The van der Waals surface area contributed by atoms with E-state index in [0.29, 0.717) is 5.01 Å². The van der Waals surface area contributed by atoms with Crippen LogP contribution in [0.25, 0.3) is 0 Å². The molecule has 1 amide bonds. The number of aryl methyl sites for hydroxylation is 1. The second kappa shape index (κ2) is 10.3. The van der Waals surface area contributed by atoms with Gasteiger partial charge in [-0.1, -0.05) is 18.5 Å². The zero-order valence-corrected chi connectivity index (χ0v) is 19.0. The smallest absolute Gasteiger partial charge is 0.417 e. The van der Waals surface area contributed by atoms with E-state index < -0.39 is 40.0 Å². The molecule has 0 aliphatic heterocycles. The molecule has 0 aliphatic rings. The van der Waals surface area contributed by atoms with Crippen molar-refractivity contribution in [1.29, 1.82) is 0 Å². The molecule has 0 aliphatic carbocycles. The number of rotatable bonds is 8. The maximum absolute atomic E-state index is 13.0. The van der Waals surface area contributed by atoms with E-state index in [1.54, 1.807) is 6.92 Å². The molecule has 0 unspecified atom stereocenters. The lowest BCUT2D eigenvalue weighted by Gasteiger charge is -2.11. The van der Waals surface area contributed by atoms with Gasteiger partial charge in [0.2, 0.25) is 0 Å². The standard InChI is InChI=1S/C21H16ClF3N4O4S/c1-2-13(30)17-19(32)18(28-9-27-17)14(31)5-6-16-26-8-15(34-16)20(33)29-10-3-4-12(22)11(7-10)21(23,24)25/h3-4,7-9,32H,2,5-6H2,1H3,(H,29,33). The lowest BCUT2D eigenvalue weighted by molar-refractivity contribution is -0.137. The Balaban J connectivity index is 1.66. The number of thiazole rings is 1. The van der Waals surface area contributed by atoms with Crippen molar-refractivity contribution in [2.24, 2.45) is 0 Å². The molecule has 2 aromatic heterocycles. The van der Waals surface area contributed by atoms with Crippen LogP contribution in [0.4, 0.5) is 18.9 Å². The minimum absolute atomic E-state index is 0.0930. The van der Waals surface area contributed by atoms with Crippen molar-refractivity contribution in [3.8, 4) is 5.75 Å². The summed E-state index contributed by atoms with van der Waals surface area (Å²) < 4.78 is 39.0. The first-order valence-electron chi connectivity index (χ1n) is 9.74. The first-order chi connectivity index (χ1) is 16.0. The number of aromatic hydroxyl groups is 1. The number of anilines is 1. The topological polar surface area (TPSA) is 122 Å². The van der Waals surface area contributed by atoms with Crippen LogP contribution in [0.1, 0.15) is 61.0 Å². The molecule has 8 nitrogen and oxygen atoms in total. The van der Waals surface area contributed by atoms with Gasteiger partial charge in [-0.15, -0.1) is 11.3 Å². The van der Waals surface area contributed by atoms with Crippen LogP contribution in [0.15, 0.2) is 30.7 Å². The van der Waals surface area contributed by atoms with Gasteiger partial charge >= 0.3 is 6.18 Å². The van der Waals surface area contributed by atoms with Crippen molar-refractivity contribution in [3.63, 3.8) is 0 Å². The molecule has 2 N–H and O–H groups in total. The highest BCUT2D eigenvalue weighted by Crippen LogP contribution is 2.36. The number of nitrogens with zero attached hydrogens (tertiary/aromatic N) is 3. The van der Waals surface area contributed by atoms with Crippen molar-refractivity contribution in [3.05, 3.63) is 62.6 Å². The first kappa shape index (κ1) is 25.2. The summed E-state index contributed by atoms with van der Waals surface area (Å²) in [6, 6.07) is 3.00. The number of benzene rings is 1. The van der Waals surface area contributed by atoms with Crippen molar-refractivity contribution in [2.45, 2.75) is 32.4 Å². The lowest BCUT2D eigenvalue weighted by atomic mass is 10.1. The van der Waals surface area contributed by atoms with Gasteiger partial charge in [-0.2, -0.15) is 13.2 Å². The van der Waals surface area contributed by atoms with Gasteiger partial charge in [-0.05, 0) is 18.2 Å². The monoisotopic (exact) mass is 512 g/mol. The Morgan fingerprint density at radius 3 is 2.44 bits per heavy atom. The van der Waals surface area contributed by atoms with Crippen LogP contribution in [-0.4, -0.2) is 37.5 Å². The summed E-state index contributed by atoms with van der Waals surface area (Å²) >= 11 is 6.53. The molecule has 3 aromatic rings. The van der Waals surface area contributed by atoms with E-state index >= 15 is 0 Å². The quantitative estimate of drug-likeness (QED) is 0.408. The van der Waals surface area contributed by atoms with E-state index in [2.05, 4.69) is 20.3 Å². The average molecular weight is 513 g/mol. The van der Waals surface area contributed by atoms with Crippen LogP contribution in [0, 0.1) is 0 Å². The molecule has 1 aromatic carbocycles. The normalized spacial score (nSPS) is 11.3. The van der Waals surface area contributed by atoms with Crippen molar-refractivity contribution >= 4 is 46.1 Å². The molecule has 0 spiro atoms. The molecule has 0 fully saturated rings. The van der Waals surface area contributed by atoms with E-state index in [1.807, 2.05) is 0 Å². The second-order valence-corrected chi connectivity index (χ2v) is 8.41. The Bertz CT molecular complexity index is 1260. The van der Waals surface area contributed by atoms with Crippen molar-refractivity contribution in [1.82, 2.24) is 15.0 Å². The fraction of sp³-hybridized carbons (Fsp3) is 0.238. The second-order valence-electron chi connectivity index (χ2n) is 6.88. The fourth-order valence-electron chi connectivity index (χ4n) is 2.84. The number of ketones is 2. The number of hydrogen-bond acceptors (Lipinski definition) is 8. The highest BCUT2D eigenvalue weighted by Gasteiger charge is 2.33. The number of aromatic nitrogens is 3. The fourth-order valence-corrected chi connectivity index (χ4v) is 3.87. The number of carbonyl (C=O) groups excluding carboxylic acids is 3. The molecule has 0 saturated heterocycles. The summed E-state index contributed by atoms with van der Waals surface area (Å²) in [5.41, 5.74) is -1.69.